The van der Waals surface area contributed by atoms with Crippen LogP contribution in [0.25, 0.3) is 0 Å². The second-order valence-corrected chi connectivity index (χ2v) is 7.55. The molecule has 6 heteroatoms. The van der Waals surface area contributed by atoms with Crippen LogP contribution in [0.4, 0.5) is 0 Å². The first-order valence-electron chi connectivity index (χ1n) is 9.92. The zero-order chi connectivity index (χ0) is 20.4. The van der Waals surface area contributed by atoms with Crippen molar-refractivity contribution in [1.29, 1.82) is 0 Å². The minimum atomic E-state index is -1.81. The Bertz CT molecular complexity index is 527. The summed E-state index contributed by atoms with van der Waals surface area (Å²) in [5.41, 5.74) is 0.824. The summed E-state index contributed by atoms with van der Waals surface area (Å²) in [4.78, 5) is 0. The van der Waals surface area contributed by atoms with E-state index in [9.17, 15) is 25.5 Å². The van der Waals surface area contributed by atoms with Crippen molar-refractivity contribution >= 4 is 0 Å². The predicted molar refractivity (Wildman–Crippen MR) is 105 cm³/mol. The molecule has 1 aliphatic rings. The lowest BCUT2D eigenvalue weighted by Gasteiger charge is -2.33. The molecular formula is C21H36O6. The average molecular weight is 385 g/mol. The fraction of sp³-hybridized carbons (Fsp3) is 0.714. The van der Waals surface area contributed by atoms with Crippen LogP contribution >= 0.6 is 0 Å². The van der Waals surface area contributed by atoms with Gasteiger partial charge in [0, 0.05) is 5.41 Å². The third kappa shape index (κ3) is 7.05. The molecule has 5 atom stereocenters. The van der Waals surface area contributed by atoms with Crippen molar-refractivity contribution in [2.45, 2.75) is 83.2 Å². The van der Waals surface area contributed by atoms with Crippen molar-refractivity contribution in [2.75, 3.05) is 6.61 Å². The summed E-state index contributed by atoms with van der Waals surface area (Å²) >= 11 is 0. The molecule has 0 radical (unpaired) electrons. The fourth-order valence-electron chi connectivity index (χ4n) is 3.42. The lowest BCUT2D eigenvalue weighted by Crippen LogP contribution is -2.46. The second-order valence-electron chi connectivity index (χ2n) is 7.55. The van der Waals surface area contributed by atoms with Crippen LogP contribution in [0, 0.1) is 5.41 Å². The summed E-state index contributed by atoms with van der Waals surface area (Å²) in [7, 11) is 0. The highest BCUT2D eigenvalue weighted by molar-refractivity contribution is 5.29. The van der Waals surface area contributed by atoms with Crippen LogP contribution in [0.2, 0.25) is 0 Å². The molecule has 0 spiro atoms. The normalized spacial score (nSPS) is 25.0. The molecule has 1 aliphatic carbocycles. The van der Waals surface area contributed by atoms with Crippen LogP contribution in [0.5, 0.6) is 0 Å². The van der Waals surface area contributed by atoms with Gasteiger partial charge in [0.05, 0.1) is 6.61 Å². The molecule has 0 amide bonds. The first kappa shape index (κ1) is 23.9. The van der Waals surface area contributed by atoms with E-state index in [-0.39, 0.29) is 0 Å². The SMILES string of the molecule is CCCCC1=CC=CC(C=C(O)[C@H](O)[C@@H](O)[C@H](O)[C@H](O)CO)(CCCC)C1. The molecular weight excluding hydrogens is 348 g/mol. The van der Waals surface area contributed by atoms with E-state index in [1.54, 1.807) is 6.08 Å². The number of aliphatic hydroxyl groups is 6. The summed E-state index contributed by atoms with van der Waals surface area (Å²) in [6.45, 7) is 3.46. The van der Waals surface area contributed by atoms with Gasteiger partial charge in [0.15, 0.2) is 0 Å². The highest BCUT2D eigenvalue weighted by Gasteiger charge is 2.35. The van der Waals surface area contributed by atoms with Gasteiger partial charge in [-0.25, -0.2) is 0 Å². The monoisotopic (exact) mass is 384 g/mol. The number of hydrogen-bond donors (Lipinski definition) is 6. The van der Waals surface area contributed by atoms with Gasteiger partial charge < -0.3 is 30.6 Å². The topological polar surface area (TPSA) is 121 Å². The third-order valence-electron chi connectivity index (χ3n) is 5.16. The van der Waals surface area contributed by atoms with Crippen LogP contribution in [0.15, 0.2) is 35.6 Å². The Kier molecular flexibility index (Phi) is 10.3. The maximum Gasteiger partial charge on any atom is 0.139 e. The number of hydrogen-bond acceptors (Lipinski definition) is 6. The molecule has 0 aromatic rings. The second kappa shape index (κ2) is 11.6. The van der Waals surface area contributed by atoms with E-state index in [4.69, 9.17) is 5.11 Å². The number of rotatable bonds is 12. The van der Waals surface area contributed by atoms with E-state index in [1.165, 1.54) is 5.57 Å². The summed E-state index contributed by atoms with van der Waals surface area (Å²) in [6.07, 6.45) is 7.33. The molecule has 0 aromatic heterocycles. The van der Waals surface area contributed by atoms with Crippen molar-refractivity contribution in [3.05, 3.63) is 35.6 Å². The van der Waals surface area contributed by atoms with Crippen LogP contribution < -0.4 is 0 Å². The lowest BCUT2D eigenvalue weighted by atomic mass is 9.73. The van der Waals surface area contributed by atoms with Crippen LogP contribution in [0.3, 0.4) is 0 Å². The van der Waals surface area contributed by atoms with E-state index in [2.05, 4.69) is 19.9 Å². The van der Waals surface area contributed by atoms with Gasteiger partial charge in [-0.1, -0.05) is 56.9 Å². The highest BCUT2D eigenvalue weighted by atomic mass is 16.4. The van der Waals surface area contributed by atoms with Gasteiger partial charge in [0.1, 0.15) is 30.2 Å². The third-order valence-corrected chi connectivity index (χ3v) is 5.16. The van der Waals surface area contributed by atoms with Crippen molar-refractivity contribution in [2.24, 2.45) is 5.41 Å². The maximum absolute atomic E-state index is 10.4. The molecule has 0 heterocycles. The molecule has 27 heavy (non-hydrogen) atoms. The summed E-state index contributed by atoms with van der Waals surface area (Å²) < 4.78 is 0. The molecule has 0 bridgehead atoms. The van der Waals surface area contributed by atoms with Gasteiger partial charge in [-0.15, -0.1) is 0 Å². The van der Waals surface area contributed by atoms with E-state index < -0.39 is 42.2 Å². The number of allylic oxidation sites excluding steroid dienone is 5. The first-order valence-corrected chi connectivity index (χ1v) is 9.92. The molecule has 6 N–H and O–H groups in total. The predicted octanol–water partition coefficient (Wildman–Crippen LogP) is 2.12. The van der Waals surface area contributed by atoms with Gasteiger partial charge in [0.25, 0.3) is 0 Å². The molecule has 0 aliphatic heterocycles. The van der Waals surface area contributed by atoms with Gasteiger partial charge in [-0.3, -0.25) is 0 Å². The quantitative estimate of drug-likeness (QED) is 0.287. The Morgan fingerprint density at radius 3 is 2.37 bits per heavy atom. The largest absolute Gasteiger partial charge is 0.510 e. The Hall–Kier alpha value is -1.18. The lowest BCUT2D eigenvalue weighted by molar-refractivity contribution is -0.113. The summed E-state index contributed by atoms with van der Waals surface area (Å²) in [5, 5.41) is 58.7. The summed E-state index contributed by atoms with van der Waals surface area (Å²) in [6, 6.07) is 0. The standard InChI is InChI=1S/C21H36O6/c1-3-5-8-15-9-7-11-21(12-15,10-6-4-2)13-16(23)18(25)20(27)19(26)17(24)14-22/h7,9,11,13,17-20,22-27H,3-6,8,10,12,14H2,1-2H3/t17-,18+,19-,20-,21?/m1/s1. The van der Waals surface area contributed by atoms with E-state index in [1.807, 2.05) is 12.2 Å². The zero-order valence-electron chi connectivity index (χ0n) is 16.5. The molecule has 0 saturated carbocycles. The van der Waals surface area contributed by atoms with Crippen molar-refractivity contribution in [3.63, 3.8) is 0 Å². The molecule has 0 aromatic carbocycles. The van der Waals surface area contributed by atoms with Crippen molar-refractivity contribution < 1.29 is 30.6 Å². The number of aliphatic hydroxyl groups excluding tert-OH is 6. The van der Waals surface area contributed by atoms with Crippen molar-refractivity contribution in [3.8, 4) is 0 Å². The fourth-order valence-corrected chi connectivity index (χ4v) is 3.42. The summed E-state index contributed by atoms with van der Waals surface area (Å²) in [5.74, 6) is -0.441. The molecule has 0 saturated heterocycles. The minimum Gasteiger partial charge on any atom is -0.510 e. The smallest absolute Gasteiger partial charge is 0.139 e. The first-order chi connectivity index (χ1) is 12.8. The molecule has 156 valence electrons. The Labute approximate surface area is 162 Å². The Morgan fingerprint density at radius 2 is 1.78 bits per heavy atom. The average Bonchev–Trinajstić information content (AvgIpc) is 2.68. The molecule has 1 unspecified atom stereocenters. The van der Waals surface area contributed by atoms with Gasteiger partial charge in [-0.2, -0.15) is 0 Å². The van der Waals surface area contributed by atoms with Gasteiger partial charge in [-0.05, 0) is 31.8 Å². The molecule has 1 rings (SSSR count). The Balaban J connectivity index is 3.00. The molecule has 0 fully saturated rings. The number of unbranched alkanes of at least 4 members (excludes halogenated alkanes) is 2. The minimum absolute atomic E-state index is 0.441. The molecule has 6 nitrogen and oxygen atoms in total. The van der Waals surface area contributed by atoms with Gasteiger partial charge in [0.2, 0.25) is 0 Å². The van der Waals surface area contributed by atoms with E-state index >= 15 is 0 Å². The van der Waals surface area contributed by atoms with Crippen LogP contribution in [0.1, 0.15) is 58.8 Å². The van der Waals surface area contributed by atoms with Gasteiger partial charge >= 0.3 is 0 Å². The van der Waals surface area contributed by atoms with E-state index in [0.29, 0.717) is 0 Å². The van der Waals surface area contributed by atoms with E-state index in [0.717, 1.165) is 44.9 Å². The van der Waals surface area contributed by atoms with Crippen molar-refractivity contribution in [1.82, 2.24) is 0 Å². The highest BCUT2D eigenvalue weighted by Crippen LogP contribution is 2.40. The van der Waals surface area contributed by atoms with Crippen LogP contribution in [-0.2, 0) is 0 Å². The van der Waals surface area contributed by atoms with Crippen LogP contribution in [-0.4, -0.2) is 61.7 Å². The zero-order valence-corrected chi connectivity index (χ0v) is 16.5. The Morgan fingerprint density at radius 1 is 1.11 bits per heavy atom. The maximum atomic E-state index is 10.4.